The number of carbonyl (C=O) groups is 2. The Morgan fingerprint density at radius 2 is 1.45 bits per heavy atom. The third-order valence-electron chi connectivity index (χ3n) is 3.41. The molecule has 0 fully saturated rings. The van der Waals surface area contributed by atoms with Crippen molar-refractivity contribution in [3.63, 3.8) is 0 Å². The van der Waals surface area contributed by atoms with E-state index in [4.69, 9.17) is 0 Å². The number of benzene rings is 2. The van der Waals surface area contributed by atoms with Gasteiger partial charge in [0.15, 0.2) is 11.6 Å². The Morgan fingerprint density at radius 3 is 2.00 bits per heavy atom. The van der Waals surface area contributed by atoms with E-state index in [2.05, 4.69) is 0 Å². The van der Waals surface area contributed by atoms with Gasteiger partial charge in [-0.2, -0.15) is 0 Å². The highest BCUT2D eigenvalue weighted by Crippen LogP contribution is 2.15. The number of hydrogen-bond acceptors (Lipinski definition) is 2. The molecule has 0 heterocycles. The van der Waals surface area contributed by atoms with Gasteiger partial charge in [-0.15, -0.1) is 0 Å². The molecule has 0 amide bonds. The van der Waals surface area contributed by atoms with E-state index in [1.807, 2.05) is 74.5 Å². The first kappa shape index (κ1) is 15.9. The summed E-state index contributed by atoms with van der Waals surface area (Å²) in [6, 6.07) is 19.0. The Hall–Kier alpha value is -2.48. The van der Waals surface area contributed by atoms with Crippen molar-refractivity contribution in [1.29, 1.82) is 0 Å². The van der Waals surface area contributed by atoms with Crippen LogP contribution in [0.4, 0.5) is 0 Å². The minimum atomic E-state index is -0.199. The van der Waals surface area contributed by atoms with Crippen LogP contribution < -0.4 is 0 Å². The molecule has 0 radical (unpaired) electrons. The topological polar surface area (TPSA) is 34.1 Å². The molecule has 0 aliphatic carbocycles. The van der Waals surface area contributed by atoms with Gasteiger partial charge in [-0.05, 0) is 17.2 Å². The fourth-order valence-electron chi connectivity index (χ4n) is 2.19. The highest BCUT2D eigenvalue weighted by atomic mass is 16.1. The summed E-state index contributed by atoms with van der Waals surface area (Å²) in [6.07, 6.45) is 1.95. The predicted molar refractivity (Wildman–Crippen MR) is 89.4 cm³/mol. The molecule has 0 aromatic heterocycles. The summed E-state index contributed by atoms with van der Waals surface area (Å²) < 4.78 is 0. The second-order valence-electron chi connectivity index (χ2n) is 5.57. The molecule has 0 unspecified atom stereocenters. The van der Waals surface area contributed by atoms with Crippen LogP contribution in [-0.4, -0.2) is 11.6 Å². The summed E-state index contributed by atoms with van der Waals surface area (Å²) in [4.78, 5) is 25.0. The second-order valence-corrected chi connectivity index (χ2v) is 5.57. The first-order valence-electron chi connectivity index (χ1n) is 7.46. The Balaban J connectivity index is 2.30. The molecule has 22 heavy (non-hydrogen) atoms. The van der Waals surface area contributed by atoms with Crippen LogP contribution in [0.2, 0.25) is 0 Å². The lowest BCUT2D eigenvalue weighted by atomic mass is 9.92. The fourth-order valence-corrected chi connectivity index (χ4v) is 2.19. The molecule has 0 saturated heterocycles. The standard InChI is InChI=1S/C20H20O2/c1-15(2)20(22)18(13-16-9-5-3-6-10-16)19(21)14-17-11-7-4-8-12-17/h3-13,15H,14H2,1-2H3/b18-13+. The first-order chi connectivity index (χ1) is 10.6. The quantitative estimate of drug-likeness (QED) is 0.456. The maximum absolute atomic E-state index is 12.6. The van der Waals surface area contributed by atoms with Crippen LogP contribution in [0.3, 0.4) is 0 Å². The van der Waals surface area contributed by atoms with E-state index < -0.39 is 0 Å². The smallest absolute Gasteiger partial charge is 0.170 e. The molecule has 112 valence electrons. The number of ketones is 2. The maximum atomic E-state index is 12.6. The third-order valence-corrected chi connectivity index (χ3v) is 3.41. The number of rotatable bonds is 6. The van der Waals surface area contributed by atoms with Crippen molar-refractivity contribution in [2.45, 2.75) is 20.3 Å². The van der Waals surface area contributed by atoms with Gasteiger partial charge < -0.3 is 0 Å². The monoisotopic (exact) mass is 292 g/mol. The van der Waals surface area contributed by atoms with Crippen molar-refractivity contribution >= 4 is 17.6 Å². The van der Waals surface area contributed by atoms with E-state index in [-0.39, 0.29) is 29.5 Å². The highest BCUT2D eigenvalue weighted by molar-refractivity contribution is 6.24. The fraction of sp³-hybridized carbons (Fsp3) is 0.200. The molecule has 2 nitrogen and oxygen atoms in total. The van der Waals surface area contributed by atoms with E-state index >= 15 is 0 Å². The molecule has 2 heteroatoms. The predicted octanol–water partition coefficient (Wildman–Crippen LogP) is 4.11. The zero-order valence-electron chi connectivity index (χ0n) is 13.0. The van der Waals surface area contributed by atoms with Crippen molar-refractivity contribution in [3.05, 3.63) is 77.4 Å². The lowest BCUT2D eigenvalue weighted by molar-refractivity contribution is -0.122. The Morgan fingerprint density at radius 1 is 0.909 bits per heavy atom. The van der Waals surface area contributed by atoms with Crippen molar-refractivity contribution in [1.82, 2.24) is 0 Å². The van der Waals surface area contributed by atoms with Crippen LogP contribution in [0.1, 0.15) is 25.0 Å². The van der Waals surface area contributed by atoms with E-state index in [1.165, 1.54) is 0 Å². The molecular weight excluding hydrogens is 272 g/mol. The van der Waals surface area contributed by atoms with Gasteiger partial charge in [0, 0.05) is 12.3 Å². The lowest BCUT2D eigenvalue weighted by Crippen LogP contribution is -2.19. The van der Waals surface area contributed by atoms with E-state index in [0.717, 1.165) is 11.1 Å². The minimum absolute atomic E-state index is 0.107. The first-order valence-corrected chi connectivity index (χ1v) is 7.46. The lowest BCUT2D eigenvalue weighted by Gasteiger charge is -2.09. The van der Waals surface area contributed by atoms with Crippen molar-refractivity contribution in [3.8, 4) is 0 Å². The third kappa shape index (κ3) is 4.26. The number of hydrogen-bond donors (Lipinski definition) is 0. The summed E-state index contributed by atoms with van der Waals surface area (Å²) >= 11 is 0. The van der Waals surface area contributed by atoms with Gasteiger partial charge in [-0.25, -0.2) is 0 Å². The zero-order chi connectivity index (χ0) is 15.9. The summed E-state index contributed by atoms with van der Waals surface area (Å²) in [7, 11) is 0. The van der Waals surface area contributed by atoms with Gasteiger partial charge in [0.05, 0.1) is 5.57 Å². The molecule has 2 rings (SSSR count). The van der Waals surface area contributed by atoms with Gasteiger partial charge in [0.2, 0.25) is 0 Å². The van der Waals surface area contributed by atoms with E-state index in [1.54, 1.807) is 6.08 Å². The van der Waals surface area contributed by atoms with Gasteiger partial charge in [-0.1, -0.05) is 74.5 Å². The normalized spacial score (nSPS) is 11.5. The minimum Gasteiger partial charge on any atom is -0.294 e. The van der Waals surface area contributed by atoms with Crippen LogP contribution in [0.15, 0.2) is 66.2 Å². The molecule has 2 aromatic carbocycles. The molecule has 2 aromatic rings. The van der Waals surface area contributed by atoms with E-state index in [9.17, 15) is 9.59 Å². The number of Topliss-reactive ketones (excluding diaryl/α,β-unsaturated/α-hetero) is 2. The Labute approximate surface area is 131 Å². The summed E-state index contributed by atoms with van der Waals surface area (Å²) in [5.41, 5.74) is 2.07. The van der Waals surface area contributed by atoms with Crippen molar-refractivity contribution in [2.24, 2.45) is 5.92 Å². The number of allylic oxidation sites excluding steroid dienone is 1. The summed E-state index contributed by atoms with van der Waals surface area (Å²) in [6.45, 7) is 3.63. The summed E-state index contributed by atoms with van der Waals surface area (Å²) in [5, 5.41) is 0. The summed E-state index contributed by atoms with van der Waals surface area (Å²) in [5.74, 6) is -0.437. The van der Waals surface area contributed by atoms with Crippen LogP contribution in [0.5, 0.6) is 0 Å². The molecule has 0 aliphatic heterocycles. The van der Waals surface area contributed by atoms with Gasteiger partial charge >= 0.3 is 0 Å². The molecule has 0 aliphatic rings. The number of carbonyl (C=O) groups excluding carboxylic acids is 2. The second kappa shape index (κ2) is 7.51. The zero-order valence-corrected chi connectivity index (χ0v) is 13.0. The molecule has 0 atom stereocenters. The van der Waals surface area contributed by atoms with Gasteiger partial charge in [0.1, 0.15) is 0 Å². The molecular formula is C20H20O2. The van der Waals surface area contributed by atoms with Crippen LogP contribution in [0, 0.1) is 5.92 Å². The maximum Gasteiger partial charge on any atom is 0.170 e. The Bertz CT molecular complexity index is 667. The molecule has 0 spiro atoms. The molecule has 0 N–H and O–H groups in total. The molecule has 0 saturated carbocycles. The van der Waals surface area contributed by atoms with E-state index in [0.29, 0.717) is 0 Å². The molecule has 0 bridgehead atoms. The average molecular weight is 292 g/mol. The SMILES string of the molecule is CC(C)C(=O)/C(=C/c1ccccc1)C(=O)Cc1ccccc1. The average Bonchev–Trinajstić information content (AvgIpc) is 2.53. The highest BCUT2D eigenvalue weighted by Gasteiger charge is 2.20. The van der Waals surface area contributed by atoms with Gasteiger partial charge in [0.25, 0.3) is 0 Å². The van der Waals surface area contributed by atoms with Crippen LogP contribution in [-0.2, 0) is 16.0 Å². The Kier molecular flexibility index (Phi) is 5.42. The van der Waals surface area contributed by atoms with Crippen LogP contribution in [0.25, 0.3) is 6.08 Å². The largest absolute Gasteiger partial charge is 0.294 e. The van der Waals surface area contributed by atoms with Crippen molar-refractivity contribution in [2.75, 3.05) is 0 Å². The van der Waals surface area contributed by atoms with Gasteiger partial charge in [-0.3, -0.25) is 9.59 Å². The van der Waals surface area contributed by atoms with Crippen LogP contribution >= 0.6 is 0 Å². The van der Waals surface area contributed by atoms with Crippen molar-refractivity contribution < 1.29 is 9.59 Å².